The van der Waals surface area contributed by atoms with Crippen molar-refractivity contribution in [1.29, 1.82) is 0 Å². The lowest BCUT2D eigenvalue weighted by Crippen LogP contribution is -2.25. The first-order valence-electron chi connectivity index (χ1n) is 8.05. The van der Waals surface area contributed by atoms with Gasteiger partial charge in [-0.15, -0.1) is 10.2 Å². The fourth-order valence-electron chi connectivity index (χ4n) is 2.15. The minimum Gasteiger partial charge on any atom is -0.377 e. The maximum atomic E-state index is 12.1. The average Bonchev–Trinajstić information content (AvgIpc) is 3.06. The predicted octanol–water partition coefficient (Wildman–Crippen LogP) is 2.80. The summed E-state index contributed by atoms with van der Waals surface area (Å²) < 4.78 is 7.42. The van der Waals surface area contributed by atoms with Crippen LogP contribution in [-0.2, 0) is 22.7 Å². The van der Waals surface area contributed by atoms with Gasteiger partial charge < -0.3 is 14.6 Å². The van der Waals surface area contributed by atoms with Crippen molar-refractivity contribution >= 4 is 17.7 Å². The number of ether oxygens (including phenoxy) is 1. The molecule has 6 nitrogen and oxygen atoms in total. The van der Waals surface area contributed by atoms with E-state index >= 15 is 0 Å². The monoisotopic (exact) mass is 348 g/mol. The van der Waals surface area contributed by atoms with Crippen molar-refractivity contribution in [3.05, 3.63) is 41.7 Å². The molecule has 1 heterocycles. The van der Waals surface area contributed by atoms with E-state index in [4.69, 9.17) is 4.74 Å². The Kier molecular flexibility index (Phi) is 7.27. The van der Waals surface area contributed by atoms with Crippen LogP contribution in [0.15, 0.2) is 35.7 Å². The Morgan fingerprint density at radius 1 is 1.33 bits per heavy atom. The molecule has 24 heavy (non-hydrogen) atoms. The molecule has 1 aromatic heterocycles. The molecule has 0 spiro atoms. The Labute approximate surface area is 147 Å². The first kappa shape index (κ1) is 18.5. The zero-order valence-electron chi connectivity index (χ0n) is 14.4. The highest BCUT2D eigenvalue weighted by molar-refractivity contribution is 7.99. The van der Waals surface area contributed by atoms with Crippen LogP contribution in [0.2, 0.25) is 0 Å². The lowest BCUT2D eigenvalue weighted by Gasteiger charge is -2.11. The van der Waals surface area contributed by atoms with Gasteiger partial charge in [0.1, 0.15) is 6.33 Å². The van der Waals surface area contributed by atoms with Crippen LogP contribution in [0.3, 0.4) is 0 Å². The van der Waals surface area contributed by atoms with Gasteiger partial charge in [-0.25, -0.2) is 0 Å². The van der Waals surface area contributed by atoms with E-state index in [9.17, 15) is 4.79 Å². The van der Waals surface area contributed by atoms with E-state index in [1.165, 1.54) is 11.8 Å². The fourth-order valence-corrected chi connectivity index (χ4v) is 3.02. The number of carbonyl (C=O) groups is 1. The lowest BCUT2D eigenvalue weighted by molar-refractivity contribution is -0.118. The number of aromatic nitrogens is 3. The summed E-state index contributed by atoms with van der Waals surface area (Å²) in [6.45, 7) is 7.82. The van der Waals surface area contributed by atoms with E-state index in [0.29, 0.717) is 25.5 Å². The molecular formula is C17H24N4O2S. The quantitative estimate of drug-likeness (QED) is 0.706. The standard InChI is InChI=1S/C17H24N4O2S/c1-4-23-10-15-8-6-5-7-14(15)9-18-16(22)11-24-17-20-19-12-21(17)13(2)3/h5-8,12-13H,4,9-11H2,1-3H3,(H,18,22). The smallest absolute Gasteiger partial charge is 0.230 e. The van der Waals surface area contributed by atoms with Crippen molar-refractivity contribution in [2.45, 2.75) is 45.1 Å². The summed E-state index contributed by atoms with van der Waals surface area (Å²) in [6.07, 6.45) is 1.69. The number of hydrogen-bond acceptors (Lipinski definition) is 5. The molecule has 0 saturated carbocycles. The van der Waals surface area contributed by atoms with Gasteiger partial charge in [-0.1, -0.05) is 36.0 Å². The van der Waals surface area contributed by atoms with Crippen LogP contribution < -0.4 is 5.32 Å². The zero-order valence-corrected chi connectivity index (χ0v) is 15.2. The third kappa shape index (κ3) is 5.35. The second-order valence-corrected chi connectivity index (χ2v) is 6.53. The normalized spacial score (nSPS) is 11.0. The first-order chi connectivity index (χ1) is 11.6. The van der Waals surface area contributed by atoms with Gasteiger partial charge in [0.2, 0.25) is 5.91 Å². The van der Waals surface area contributed by atoms with Crippen LogP contribution in [0.25, 0.3) is 0 Å². The number of thioether (sulfide) groups is 1. The second kappa shape index (κ2) is 9.44. The van der Waals surface area contributed by atoms with Crippen LogP contribution in [0.4, 0.5) is 0 Å². The summed E-state index contributed by atoms with van der Waals surface area (Å²) in [6, 6.07) is 8.26. The molecule has 1 N–H and O–H groups in total. The molecule has 0 saturated heterocycles. The van der Waals surface area contributed by atoms with Crippen molar-refractivity contribution in [2.24, 2.45) is 0 Å². The molecule has 2 rings (SSSR count). The Balaban J connectivity index is 1.84. The Hall–Kier alpha value is -1.86. The molecule has 7 heteroatoms. The van der Waals surface area contributed by atoms with E-state index in [0.717, 1.165) is 16.3 Å². The van der Waals surface area contributed by atoms with E-state index in [1.807, 2.05) is 35.8 Å². The maximum Gasteiger partial charge on any atom is 0.230 e. The Morgan fingerprint density at radius 3 is 2.79 bits per heavy atom. The van der Waals surface area contributed by atoms with Gasteiger partial charge >= 0.3 is 0 Å². The van der Waals surface area contributed by atoms with Crippen LogP contribution in [0.5, 0.6) is 0 Å². The lowest BCUT2D eigenvalue weighted by atomic mass is 10.1. The van der Waals surface area contributed by atoms with Gasteiger partial charge in [-0.3, -0.25) is 4.79 Å². The minimum absolute atomic E-state index is 0.0236. The summed E-state index contributed by atoms with van der Waals surface area (Å²) in [5, 5.41) is 11.7. The van der Waals surface area contributed by atoms with Crippen molar-refractivity contribution in [2.75, 3.05) is 12.4 Å². The molecular weight excluding hydrogens is 324 g/mol. The van der Waals surface area contributed by atoms with Gasteiger partial charge in [-0.05, 0) is 31.9 Å². The molecule has 0 aliphatic rings. The predicted molar refractivity (Wildman–Crippen MR) is 94.7 cm³/mol. The molecule has 0 bridgehead atoms. The van der Waals surface area contributed by atoms with Gasteiger partial charge in [0, 0.05) is 19.2 Å². The summed E-state index contributed by atoms with van der Waals surface area (Å²) >= 11 is 1.40. The van der Waals surface area contributed by atoms with Gasteiger partial charge in [0.25, 0.3) is 0 Å². The van der Waals surface area contributed by atoms with E-state index in [1.54, 1.807) is 6.33 Å². The van der Waals surface area contributed by atoms with E-state index in [-0.39, 0.29) is 11.9 Å². The topological polar surface area (TPSA) is 69.0 Å². The third-order valence-corrected chi connectivity index (χ3v) is 4.44. The summed E-state index contributed by atoms with van der Waals surface area (Å²) in [4.78, 5) is 12.1. The molecule has 0 unspecified atom stereocenters. The minimum atomic E-state index is -0.0236. The number of hydrogen-bond donors (Lipinski definition) is 1. The molecule has 0 atom stereocenters. The van der Waals surface area contributed by atoms with E-state index < -0.39 is 0 Å². The number of nitrogens with zero attached hydrogens (tertiary/aromatic N) is 3. The highest BCUT2D eigenvalue weighted by atomic mass is 32.2. The van der Waals surface area contributed by atoms with Crippen LogP contribution in [0.1, 0.15) is 37.9 Å². The zero-order chi connectivity index (χ0) is 17.4. The number of rotatable bonds is 9. The fraction of sp³-hybridized carbons (Fsp3) is 0.471. The molecule has 130 valence electrons. The summed E-state index contributed by atoms with van der Waals surface area (Å²) in [5.74, 6) is 0.295. The second-order valence-electron chi connectivity index (χ2n) is 5.59. The third-order valence-electron chi connectivity index (χ3n) is 3.48. The van der Waals surface area contributed by atoms with Crippen molar-refractivity contribution < 1.29 is 9.53 Å². The molecule has 0 radical (unpaired) electrons. The Morgan fingerprint density at radius 2 is 2.08 bits per heavy atom. The number of nitrogens with one attached hydrogen (secondary N) is 1. The number of carbonyl (C=O) groups excluding carboxylic acids is 1. The Bertz CT molecular complexity index is 658. The van der Waals surface area contributed by atoms with Gasteiger partial charge in [0.15, 0.2) is 5.16 Å². The summed E-state index contributed by atoms with van der Waals surface area (Å²) in [7, 11) is 0. The van der Waals surface area contributed by atoms with Crippen molar-refractivity contribution in [1.82, 2.24) is 20.1 Å². The number of amides is 1. The average molecular weight is 348 g/mol. The van der Waals surface area contributed by atoms with Crippen LogP contribution in [-0.4, -0.2) is 33.0 Å². The van der Waals surface area contributed by atoms with Gasteiger partial charge in [0.05, 0.1) is 12.4 Å². The van der Waals surface area contributed by atoms with Crippen molar-refractivity contribution in [3.8, 4) is 0 Å². The summed E-state index contributed by atoms with van der Waals surface area (Å²) in [5.41, 5.74) is 2.18. The van der Waals surface area contributed by atoms with E-state index in [2.05, 4.69) is 29.4 Å². The van der Waals surface area contributed by atoms with Crippen LogP contribution >= 0.6 is 11.8 Å². The number of benzene rings is 1. The molecule has 2 aromatic rings. The highest BCUT2D eigenvalue weighted by Crippen LogP contribution is 2.18. The molecule has 0 fully saturated rings. The van der Waals surface area contributed by atoms with Gasteiger partial charge in [-0.2, -0.15) is 0 Å². The first-order valence-corrected chi connectivity index (χ1v) is 9.04. The van der Waals surface area contributed by atoms with Crippen LogP contribution in [0, 0.1) is 0 Å². The highest BCUT2D eigenvalue weighted by Gasteiger charge is 2.11. The van der Waals surface area contributed by atoms with Crippen molar-refractivity contribution in [3.63, 3.8) is 0 Å². The molecule has 1 amide bonds. The molecule has 0 aliphatic carbocycles. The largest absolute Gasteiger partial charge is 0.377 e. The molecule has 0 aliphatic heterocycles. The SMILES string of the molecule is CCOCc1ccccc1CNC(=O)CSc1nncn1C(C)C. The molecule has 1 aromatic carbocycles. The maximum absolute atomic E-state index is 12.1.